The molecule has 1 aliphatic carbocycles. The van der Waals surface area contributed by atoms with Crippen molar-refractivity contribution in [2.24, 2.45) is 5.92 Å². The van der Waals surface area contributed by atoms with Crippen LogP contribution in [0.5, 0.6) is 23.0 Å². The molecule has 0 N–H and O–H groups in total. The Morgan fingerprint density at radius 1 is 1.00 bits per heavy atom. The molecule has 0 spiro atoms. The van der Waals surface area contributed by atoms with Crippen molar-refractivity contribution in [3.8, 4) is 23.0 Å². The number of esters is 1. The largest absolute Gasteiger partial charge is 0.573 e. The zero-order valence-corrected chi connectivity index (χ0v) is 21.3. The number of carbonyl (C=O) groups is 2. The number of halogens is 3. The molecule has 0 radical (unpaired) electrons. The molecule has 1 fully saturated rings. The first-order chi connectivity index (χ1) is 18.2. The second-order valence-corrected chi connectivity index (χ2v) is 8.67. The standard InChI is InChI=1S/C27H31F3O8/c1-3-4-9-36-26(32)19-12-22(13-19)34-10-11-35-23-15-24(25(14-20(23)16-31)38-27(28,29)30)37-17-18-5-7-21(33-2)8-6-18/h5-8,14-16,19,22H,3-4,9-13,17H2,1-2H3. The van der Waals surface area contributed by atoms with Crippen molar-refractivity contribution in [2.75, 3.05) is 26.9 Å². The lowest BCUT2D eigenvalue weighted by atomic mass is 9.82. The lowest BCUT2D eigenvalue weighted by molar-refractivity contribution is -0.275. The van der Waals surface area contributed by atoms with Crippen LogP contribution in [0.3, 0.4) is 0 Å². The van der Waals surface area contributed by atoms with E-state index in [1.54, 1.807) is 24.3 Å². The predicted octanol–water partition coefficient (Wildman–Crippen LogP) is 5.50. The monoisotopic (exact) mass is 540 g/mol. The third kappa shape index (κ3) is 8.83. The number of rotatable bonds is 15. The molecule has 0 bridgehead atoms. The average molecular weight is 541 g/mol. The summed E-state index contributed by atoms with van der Waals surface area (Å²) in [5, 5.41) is 0. The molecule has 2 aromatic rings. The Kier molecular flexibility index (Phi) is 10.6. The maximum absolute atomic E-state index is 13.0. The average Bonchev–Trinajstić information content (AvgIpc) is 2.86. The SMILES string of the molecule is CCCCOC(=O)C1CC(OCCOc2cc(OCc3ccc(OC)cc3)c(OC(F)(F)F)cc2C=O)C1. The Morgan fingerprint density at radius 3 is 2.37 bits per heavy atom. The molecule has 0 atom stereocenters. The molecule has 0 saturated heterocycles. The Balaban J connectivity index is 1.57. The van der Waals surface area contributed by atoms with Crippen LogP contribution >= 0.6 is 0 Å². The first-order valence-corrected chi connectivity index (χ1v) is 12.3. The molecule has 38 heavy (non-hydrogen) atoms. The number of aldehydes is 1. The second kappa shape index (κ2) is 13.9. The first kappa shape index (κ1) is 29.1. The molecule has 1 saturated carbocycles. The minimum absolute atomic E-state index is 0.0221. The zero-order valence-electron chi connectivity index (χ0n) is 21.3. The van der Waals surface area contributed by atoms with E-state index in [1.807, 2.05) is 6.92 Å². The smallest absolute Gasteiger partial charge is 0.497 e. The van der Waals surface area contributed by atoms with Gasteiger partial charge in [0.2, 0.25) is 0 Å². The Morgan fingerprint density at radius 2 is 1.74 bits per heavy atom. The van der Waals surface area contributed by atoms with Crippen molar-refractivity contribution in [1.29, 1.82) is 0 Å². The fraction of sp³-hybridized carbons (Fsp3) is 0.481. The number of unbranched alkanes of at least 4 members (excludes halogenated alkanes) is 1. The molecular formula is C27H31F3O8. The van der Waals surface area contributed by atoms with Gasteiger partial charge in [-0.15, -0.1) is 13.2 Å². The van der Waals surface area contributed by atoms with E-state index in [2.05, 4.69) is 4.74 Å². The Hall–Kier alpha value is -3.47. The van der Waals surface area contributed by atoms with Crippen LogP contribution in [0, 0.1) is 5.92 Å². The number of hydrogen-bond donors (Lipinski definition) is 0. The highest BCUT2D eigenvalue weighted by Gasteiger charge is 2.36. The van der Waals surface area contributed by atoms with E-state index in [0.717, 1.165) is 18.9 Å². The van der Waals surface area contributed by atoms with Crippen LogP contribution in [-0.2, 0) is 20.9 Å². The van der Waals surface area contributed by atoms with E-state index in [9.17, 15) is 22.8 Å². The predicted molar refractivity (Wildman–Crippen MR) is 130 cm³/mol. The molecule has 0 amide bonds. The maximum atomic E-state index is 13.0. The number of hydrogen-bond acceptors (Lipinski definition) is 8. The van der Waals surface area contributed by atoms with E-state index in [0.29, 0.717) is 37.0 Å². The molecule has 208 valence electrons. The van der Waals surface area contributed by atoms with Gasteiger partial charge < -0.3 is 28.4 Å². The van der Waals surface area contributed by atoms with Crippen molar-refractivity contribution in [2.45, 2.75) is 51.7 Å². The summed E-state index contributed by atoms with van der Waals surface area (Å²) >= 11 is 0. The number of ether oxygens (including phenoxy) is 6. The van der Waals surface area contributed by atoms with Gasteiger partial charge in [0.05, 0.1) is 37.9 Å². The molecule has 8 nitrogen and oxygen atoms in total. The molecule has 0 aliphatic heterocycles. The molecule has 0 aromatic heterocycles. The van der Waals surface area contributed by atoms with Gasteiger partial charge >= 0.3 is 12.3 Å². The van der Waals surface area contributed by atoms with Crippen LogP contribution in [0.25, 0.3) is 0 Å². The lowest BCUT2D eigenvalue weighted by Crippen LogP contribution is -2.38. The highest BCUT2D eigenvalue weighted by atomic mass is 19.4. The minimum atomic E-state index is -4.99. The zero-order chi connectivity index (χ0) is 27.5. The van der Waals surface area contributed by atoms with Gasteiger partial charge in [0, 0.05) is 6.07 Å². The second-order valence-electron chi connectivity index (χ2n) is 8.67. The number of alkyl halides is 3. The van der Waals surface area contributed by atoms with E-state index < -0.39 is 12.1 Å². The van der Waals surface area contributed by atoms with Crippen molar-refractivity contribution in [1.82, 2.24) is 0 Å². The Labute approximate surface area is 218 Å². The summed E-state index contributed by atoms with van der Waals surface area (Å²) in [6, 6.07) is 8.88. The molecule has 11 heteroatoms. The summed E-state index contributed by atoms with van der Waals surface area (Å²) in [5.74, 6) is -0.660. The first-order valence-electron chi connectivity index (χ1n) is 12.3. The fourth-order valence-corrected chi connectivity index (χ4v) is 3.67. The fourth-order valence-electron chi connectivity index (χ4n) is 3.67. The van der Waals surface area contributed by atoms with Gasteiger partial charge in [0.25, 0.3) is 0 Å². The molecule has 2 aromatic carbocycles. The van der Waals surface area contributed by atoms with Gasteiger partial charge in [-0.25, -0.2) is 0 Å². The van der Waals surface area contributed by atoms with Crippen molar-refractivity contribution in [3.05, 3.63) is 47.5 Å². The number of carbonyl (C=O) groups excluding carboxylic acids is 2. The quantitative estimate of drug-likeness (QED) is 0.166. The number of benzene rings is 2. The Bertz CT molecular complexity index is 1050. The summed E-state index contributed by atoms with van der Waals surface area (Å²) in [6.45, 7) is 2.56. The lowest BCUT2D eigenvalue weighted by Gasteiger charge is -2.33. The molecular weight excluding hydrogens is 509 g/mol. The third-order valence-electron chi connectivity index (χ3n) is 5.85. The van der Waals surface area contributed by atoms with Gasteiger partial charge in [-0.3, -0.25) is 9.59 Å². The third-order valence-corrected chi connectivity index (χ3v) is 5.85. The summed E-state index contributed by atoms with van der Waals surface area (Å²) in [6.07, 6.45) is -1.85. The van der Waals surface area contributed by atoms with Crippen molar-refractivity contribution < 1.29 is 51.2 Å². The van der Waals surface area contributed by atoms with Crippen LogP contribution in [0.1, 0.15) is 48.5 Å². The van der Waals surface area contributed by atoms with Gasteiger partial charge in [-0.1, -0.05) is 25.5 Å². The molecule has 0 unspecified atom stereocenters. The summed E-state index contributed by atoms with van der Waals surface area (Å²) in [4.78, 5) is 23.5. The van der Waals surface area contributed by atoms with E-state index in [1.165, 1.54) is 13.2 Å². The molecule has 1 aliphatic rings. The highest BCUT2D eigenvalue weighted by Crippen LogP contribution is 2.38. The van der Waals surface area contributed by atoms with Crippen LogP contribution in [-0.4, -0.2) is 51.7 Å². The van der Waals surface area contributed by atoms with Gasteiger partial charge in [-0.05, 0) is 43.0 Å². The van der Waals surface area contributed by atoms with Crippen LogP contribution in [0.4, 0.5) is 13.2 Å². The van der Waals surface area contributed by atoms with Crippen molar-refractivity contribution >= 4 is 12.3 Å². The number of methoxy groups -OCH3 is 1. The van der Waals surface area contributed by atoms with Crippen LogP contribution in [0.15, 0.2) is 36.4 Å². The molecule has 0 heterocycles. The maximum Gasteiger partial charge on any atom is 0.573 e. The normalized spacial score (nSPS) is 16.8. The minimum Gasteiger partial charge on any atom is -0.497 e. The van der Waals surface area contributed by atoms with Crippen molar-refractivity contribution in [3.63, 3.8) is 0 Å². The topological polar surface area (TPSA) is 89.5 Å². The van der Waals surface area contributed by atoms with E-state index in [4.69, 9.17) is 23.7 Å². The van der Waals surface area contributed by atoms with Gasteiger partial charge in [-0.2, -0.15) is 0 Å². The molecule has 3 rings (SSSR count). The summed E-state index contributed by atoms with van der Waals surface area (Å²) in [7, 11) is 1.52. The summed E-state index contributed by atoms with van der Waals surface area (Å²) < 4.78 is 70.1. The van der Waals surface area contributed by atoms with Gasteiger partial charge in [0.1, 0.15) is 24.7 Å². The summed E-state index contributed by atoms with van der Waals surface area (Å²) in [5.41, 5.74) is 0.534. The highest BCUT2D eigenvalue weighted by molar-refractivity contribution is 5.81. The van der Waals surface area contributed by atoms with Crippen LogP contribution < -0.4 is 18.9 Å². The van der Waals surface area contributed by atoms with Crippen LogP contribution in [0.2, 0.25) is 0 Å². The van der Waals surface area contributed by atoms with Gasteiger partial charge in [0.15, 0.2) is 17.8 Å². The van der Waals surface area contributed by atoms with E-state index in [-0.39, 0.29) is 54.9 Å². The van der Waals surface area contributed by atoms with E-state index >= 15 is 0 Å².